The molecule has 0 radical (unpaired) electrons. The molecule has 1 atom stereocenters. The van der Waals surface area contributed by atoms with Gasteiger partial charge in [-0.15, -0.1) is 5.10 Å². The first-order chi connectivity index (χ1) is 7.14. The number of nitrogens with two attached hydrogens (primary N) is 1. The Bertz CT molecular complexity index is 391. The highest BCUT2D eigenvalue weighted by Gasteiger charge is 2.42. The van der Waals surface area contributed by atoms with Gasteiger partial charge in [0.1, 0.15) is 11.4 Å². The molecule has 1 heterocycles. The van der Waals surface area contributed by atoms with Crippen molar-refractivity contribution in [3.8, 4) is 6.07 Å². The maximum atomic E-state index is 9.04. The number of rotatable bonds is 4. The molecule has 5 nitrogen and oxygen atoms in total. The van der Waals surface area contributed by atoms with Gasteiger partial charge in [-0.25, -0.2) is 4.98 Å². The number of H-pyrrole nitrogens is 1. The van der Waals surface area contributed by atoms with Gasteiger partial charge >= 0.3 is 0 Å². The molecule has 0 amide bonds. The van der Waals surface area contributed by atoms with E-state index in [-0.39, 0.29) is 0 Å². The van der Waals surface area contributed by atoms with E-state index in [1.165, 1.54) is 11.8 Å². The number of aryl methyl sites for hydroxylation is 1. The summed E-state index contributed by atoms with van der Waals surface area (Å²) in [5, 5.41) is 16.5. The third kappa shape index (κ3) is 2.30. The summed E-state index contributed by atoms with van der Waals surface area (Å²) in [4.78, 5) is 4.16. The number of nitrogens with zero attached hydrogens (tertiary/aromatic N) is 3. The Kier molecular flexibility index (Phi) is 2.67. The van der Waals surface area contributed by atoms with Gasteiger partial charge in [-0.05, 0) is 25.7 Å². The number of aromatic amines is 1. The molecule has 1 unspecified atom stereocenters. The molecule has 0 aromatic carbocycles. The molecule has 1 saturated carbocycles. The molecule has 1 aliphatic carbocycles. The third-order valence-corrected chi connectivity index (χ3v) is 3.59. The monoisotopic (exact) mass is 223 g/mol. The van der Waals surface area contributed by atoms with Gasteiger partial charge in [-0.1, -0.05) is 11.8 Å². The SMILES string of the molecule is Cc1nc(SCC(N)(C#N)C2CC2)n[nH]1. The normalized spacial score (nSPS) is 19.5. The van der Waals surface area contributed by atoms with Crippen LogP contribution in [0.4, 0.5) is 0 Å². The predicted molar refractivity (Wildman–Crippen MR) is 57.1 cm³/mol. The first kappa shape index (κ1) is 10.5. The van der Waals surface area contributed by atoms with Gasteiger partial charge in [0.05, 0.1) is 6.07 Å². The van der Waals surface area contributed by atoms with E-state index in [0.29, 0.717) is 16.8 Å². The van der Waals surface area contributed by atoms with E-state index in [2.05, 4.69) is 21.3 Å². The van der Waals surface area contributed by atoms with Crippen LogP contribution in [0.1, 0.15) is 18.7 Å². The van der Waals surface area contributed by atoms with Gasteiger partial charge in [0.15, 0.2) is 0 Å². The summed E-state index contributed by atoms with van der Waals surface area (Å²) in [6.45, 7) is 1.85. The second kappa shape index (κ2) is 3.83. The molecule has 1 aromatic rings. The summed E-state index contributed by atoms with van der Waals surface area (Å²) in [5.74, 6) is 1.70. The first-order valence-corrected chi connectivity index (χ1v) is 5.84. The van der Waals surface area contributed by atoms with Crippen LogP contribution in [0.3, 0.4) is 0 Å². The number of thioether (sulfide) groups is 1. The van der Waals surface area contributed by atoms with Crippen molar-refractivity contribution >= 4 is 11.8 Å². The fraction of sp³-hybridized carbons (Fsp3) is 0.667. The number of aromatic nitrogens is 3. The van der Waals surface area contributed by atoms with E-state index in [4.69, 9.17) is 11.0 Å². The van der Waals surface area contributed by atoms with Crippen LogP contribution in [0.15, 0.2) is 5.16 Å². The van der Waals surface area contributed by atoms with Gasteiger partial charge in [0.2, 0.25) is 5.16 Å². The molecule has 1 aliphatic rings. The molecular weight excluding hydrogens is 210 g/mol. The summed E-state index contributed by atoms with van der Waals surface area (Å²) in [7, 11) is 0. The molecule has 0 bridgehead atoms. The average molecular weight is 223 g/mol. The Balaban J connectivity index is 1.94. The topological polar surface area (TPSA) is 91.4 Å². The quantitative estimate of drug-likeness (QED) is 0.738. The van der Waals surface area contributed by atoms with E-state index >= 15 is 0 Å². The molecule has 1 fully saturated rings. The van der Waals surface area contributed by atoms with Crippen LogP contribution in [-0.2, 0) is 0 Å². The van der Waals surface area contributed by atoms with Crippen molar-refractivity contribution in [2.24, 2.45) is 11.7 Å². The van der Waals surface area contributed by atoms with Crippen molar-refractivity contribution in [2.75, 3.05) is 5.75 Å². The lowest BCUT2D eigenvalue weighted by atomic mass is 10.00. The molecule has 3 N–H and O–H groups in total. The molecule has 0 spiro atoms. The lowest BCUT2D eigenvalue weighted by Gasteiger charge is -2.19. The highest BCUT2D eigenvalue weighted by Crippen LogP contribution is 2.40. The fourth-order valence-electron chi connectivity index (χ4n) is 1.41. The highest BCUT2D eigenvalue weighted by atomic mass is 32.2. The molecular formula is C9H13N5S. The number of nitrogens with one attached hydrogen (secondary N) is 1. The van der Waals surface area contributed by atoms with Gasteiger partial charge < -0.3 is 5.73 Å². The lowest BCUT2D eigenvalue weighted by molar-refractivity contribution is 0.532. The van der Waals surface area contributed by atoms with Crippen molar-refractivity contribution in [3.63, 3.8) is 0 Å². The van der Waals surface area contributed by atoms with Crippen molar-refractivity contribution in [1.29, 1.82) is 5.26 Å². The van der Waals surface area contributed by atoms with E-state index in [1.54, 1.807) is 0 Å². The second-order valence-electron chi connectivity index (χ2n) is 3.92. The van der Waals surface area contributed by atoms with Gasteiger partial charge in [-0.3, -0.25) is 5.10 Å². The van der Waals surface area contributed by atoms with Gasteiger partial charge in [0, 0.05) is 5.75 Å². The molecule has 0 aliphatic heterocycles. The number of nitriles is 1. The summed E-state index contributed by atoms with van der Waals surface area (Å²) < 4.78 is 0. The zero-order chi connectivity index (χ0) is 10.9. The Morgan fingerprint density at radius 3 is 2.93 bits per heavy atom. The fourth-order valence-corrected chi connectivity index (χ4v) is 2.39. The van der Waals surface area contributed by atoms with E-state index in [0.717, 1.165) is 18.7 Å². The van der Waals surface area contributed by atoms with Crippen LogP contribution in [0.2, 0.25) is 0 Å². The van der Waals surface area contributed by atoms with Gasteiger partial charge in [0.25, 0.3) is 0 Å². The second-order valence-corrected chi connectivity index (χ2v) is 4.86. The van der Waals surface area contributed by atoms with E-state index < -0.39 is 5.54 Å². The molecule has 6 heteroatoms. The predicted octanol–water partition coefficient (Wildman–Crippen LogP) is 0.836. The van der Waals surface area contributed by atoms with Gasteiger partial charge in [-0.2, -0.15) is 5.26 Å². The Hall–Kier alpha value is -1.06. The molecule has 2 rings (SSSR count). The van der Waals surface area contributed by atoms with Crippen LogP contribution in [0, 0.1) is 24.2 Å². The summed E-state index contributed by atoms with van der Waals surface area (Å²) in [5.41, 5.74) is 5.30. The zero-order valence-corrected chi connectivity index (χ0v) is 9.34. The van der Waals surface area contributed by atoms with Crippen molar-refractivity contribution in [1.82, 2.24) is 15.2 Å². The maximum absolute atomic E-state index is 9.04. The largest absolute Gasteiger partial charge is 0.312 e. The zero-order valence-electron chi connectivity index (χ0n) is 8.53. The summed E-state index contributed by atoms with van der Waals surface area (Å²) in [6.07, 6.45) is 2.13. The Labute approximate surface area is 92.5 Å². The number of hydrogen-bond donors (Lipinski definition) is 2. The van der Waals surface area contributed by atoms with Crippen molar-refractivity contribution in [2.45, 2.75) is 30.5 Å². The van der Waals surface area contributed by atoms with Crippen LogP contribution in [-0.4, -0.2) is 26.5 Å². The van der Waals surface area contributed by atoms with Crippen molar-refractivity contribution < 1.29 is 0 Å². The first-order valence-electron chi connectivity index (χ1n) is 4.86. The lowest BCUT2D eigenvalue weighted by Crippen LogP contribution is -2.43. The smallest absolute Gasteiger partial charge is 0.208 e. The molecule has 0 saturated heterocycles. The Morgan fingerprint density at radius 2 is 2.47 bits per heavy atom. The van der Waals surface area contributed by atoms with E-state index in [9.17, 15) is 0 Å². The average Bonchev–Trinajstić information content (AvgIpc) is 3.00. The minimum atomic E-state index is -0.709. The third-order valence-electron chi connectivity index (χ3n) is 2.53. The summed E-state index contributed by atoms with van der Waals surface area (Å²) >= 11 is 1.44. The minimum Gasteiger partial charge on any atom is -0.312 e. The number of hydrogen-bond acceptors (Lipinski definition) is 5. The van der Waals surface area contributed by atoms with Crippen LogP contribution in [0.25, 0.3) is 0 Å². The van der Waals surface area contributed by atoms with Crippen molar-refractivity contribution in [3.05, 3.63) is 5.82 Å². The minimum absolute atomic E-state index is 0.357. The van der Waals surface area contributed by atoms with Crippen LogP contribution in [0.5, 0.6) is 0 Å². The molecule has 1 aromatic heterocycles. The maximum Gasteiger partial charge on any atom is 0.208 e. The molecule has 80 valence electrons. The highest BCUT2D eigenvalue weighted by molar-refractivity contribution is 7.99. The standard InChI is InChI=1S/C9H13N5S/c1-6-12-8(14-13-6)15-5-9(11,4-10)7-2-3-7/h7H,2-3,5,11H2,1H3,(H,12,13,14). The van der Waals surface area contributed by atoms with E-state index in [1.807, 2.05) is 6.92 Å². The summed E-state index contributed by atoms with van der Waals surface area (Å²) in [6, 6.07) is 2.21. The van der Waals surface area contributed by atoms with Crippen LogP contribution >= 0.6 is 11.8 Å². The Morgan fingerprint density at radius 1 is 1.73 bits per heavy atom. The molecule has 15 heavy (non-hydrogen) atoms. The van der Waals surface area contributed by atoms with Crippen LogP contribution < -0.4 is 5.73 Å².